The van der Waals surface area contributed by atoms with Crippen LogP contribution in [0.3, 0.4) is 0 Å². The van der Waals surface area contributed by atoms with Crippen molar-refractivity contribution in [2.45, 2.75) is 13.3 Å². The van der Waals surface area contributed by atoms with Gasteiger partial charge in [-0.25, -0.2) is 0 Å². The highest BCUT2D eigenvalue weighted by Gasteiger charge is 2.16. The van der Waals surface area contributed by atoms with E-state index in [4.69, 9.17) is 15.0 Å². The number of rotatable bonds is 3. The SMILES string of the molecule is C[C@H](Cc1ccc2c(c1)OCO2)C(=O)N=[N+]=[N-]. The lowest BCUT2D eigenvalue weighted by atomic mass is 10.0. The summed E-state index contributed by atoms with van der Waals surface area (Å²) in [4.78, 5) is 13.8. The van der Waals surface area contributed by atoms with E-state index in [0.29, 0.717) is 17.9 Å². The predicted octanol–water partition coefficient (Wildman–Crippen LogP) is 2.43. The highest BCUT2D eigenvalue weighted by atomic mass is 16.7. The van der Waals surface area contributed by atoms with Gasteiger partial charge in [-0.2, -0.15) is 0 Å². The molecule has 17 heavy (non-hydrogen) atoms. The normalized spacial score (nSPS) is 13.9. The van der Waals surface area contributed by atoms with Crippen LogP contribution in [0.5, 0.6) is 11.5 Å². The summed E-state index contributed by atoms with van der Waals surface area (Å²) in [6.07, 6.45) is 0.508. The molecule has 0 spiro atoms. The van der Waals surface area contributed by atoms with E-state index in [1.807, 2.05) is 18.2 Å². The van der Waals surface area contributed by atoms with Crippen molar-refractivity contribution in [2.75, 3.05) is 6.79 Å². The molecular weight excluding hydrogens is 222 g/mol. The largest absolute Gasteiger partial charge is 0.454 e. The van der Waals surface area contributed by atoms with E-state index in [0.717, 1.165) is 5.56 Å². The molecule has 0 aliphatic carbocycles. The molecular formula is C11H11N3O3. The third-order valence-electron chi connectivity index (χ3n) is 2.54. The van der Waals surface area contributed by atoms with Crippen LogP contribution in [0.15, 0.2) is 23.3 Å². The van der Waals surface area contributed by atoms with Gasteiger partial charge in [0.2, 0.25) is 12.7 Å². The average Bonchev–Trinajstić information content (AvgIpc) is 2.76. The van der Waals surface area contributed by atoms with Crippen LogP contribution in [0, 0.1) is 5.92 Å². The lowest BCUT2D eigenvalue weighted by Crippen LogP contribution is -2.10. The van der Waals surface area contributed by atoms with Crippen LogP contribution in [0.25, 0.3) is 10.4 Å². The second kappa shape index (κ2) is 4.76. The molecule has 0 N–H and O–H groups in total. The van der Waals surface area contributed by atoms with Crippen LogP contribution in [-0.4, -0.2) is 12.7 Å². The van der Waals surface area contributed by atoms with Crippen LogP contribution in [-0.2, 0) is 11.2 Å². The minimum absolute atomic E-state index is 0.228. The minimum atomic E-state index is -0.454. The van der Waals surface area contributed by atoms with Gasteiger partial charge in [0, 0.05) is 10.8 Å². The number of amides is 1. The number of hydrogen-bond acceptors (Lipinski definition) is 3. The standard InChI is InChI=1S/C11H11N3O3/c1-7(11(15)13-14-12)4-8-2-3-9-10(5-8)17-6-16-9/h2-3,5,7H,4,6H2,1H3/t7-/m1/s1. The Labute approximate surface area is 97.8 Å². The Morgan fingerprint density at radius 2 is 2.29 bits per heavy atom. The monoisotopic (exact) mass is 233 g/mol. The predicted molar refractivity (Wildman–Crippen MR) is 59.6 cm³/mol. The van der Waals surface area contributed by atoms with Gasteiger partial charge in [0.25, 0.3) is 0 Å². The topological polar surface area (TPSA) is 84.3 Å². The van der Waals surface area contributed by atoms with E-state index < -0.39 is 5.91 Å². The zero-order valence-corrected chi connectivity index (χ0v) is 9.29. The third-order valence-corrected chi connectivity index (χ3v) is 2.54. The number of ether oxygens (including phenoxy) is 2. The van der Waals surface area contributed by atoms with Crippen molar-refractivity contribution in [3.8, 4) is 11.5 Å². The maximum atomic E-state index is 11.3. The summed E-state index contributed by atoms with van der Waals surface area (Å²) >= 11 is 0. The van der Waals surface area contributed by atoms with Gasteiger partial charge in [-0.05, 0) is 34.8 Å². The summed E-state index contributed by atoms with van der Waals surface area (Å²) in [5.41, 5.74) is 9.13. The first-order valence-electron chi connectivity index (χ1n) is 5.18. The van der Waals surface area contributed by atoms with E-state index in [-0.39, 0.29) is 12.7 Å². The Morgan fingerprint density at radius 3 is 3.06 bits per heavy atom. The third kappa shape index (κ3) is 2.49. The van der Waals surface area contributed by atoms with Crippen LogP contribution < -0.4 is 9.47 Å². The molecule has 1 amide bonds. The van der Waals surface area contributed by atoms with Crippen LogP contribution in [0.4, 0.5) is 0 Å². The van der Waals surface area contributed by atoms with Gasteiger partial charge in [-0.15, -0.1) is 0 Å². The van der Waals surface area contributed by atoms with Gasteiger partial charge in [-0.3, -0.25) is 4.79 Å². The molecule has 0 bridgehead atoms. The van der Waals surface area contributed by atoms with E-state index in [2.05, 4.69) is 10.0 Å². The van der Waals surface area contributed by atoms with Gasteiger partial charge in [0.05, 0.1) is 0 Å². The zero-order valence-electron chi connectivity index (χ0n) is 9.29. The maximum absolute atomic E-state index is 11.3. The number of azide groups is 1. The summed E-state index contributed by atoms with van der Waals surface area (Å²) in [7, 11) is 0. The second-order valence-corrected chi connectivity index (χ2v) is 3.82. The second-order valence-electron chi connectivity index (χ2n) is 3.82. The molecule has 1 heterocycles. The van der Waals surface area contributed by atoms with E-state index >= 15 is 0 Å². The Balaban J connectivity index is 2.09. The van der Waals surface area contributed by atoms with Crippen LogP contribution in [0.1, 0.15) is 12.5 Å². The quantitative estimate of drug-likeness (QED) is 0.456. The summed E-state index contributed by atoms with van der Waals surface area (Å²) < 4.78 is 10.4. The molecule has 1 aliphatic rings. The number of carbonyl (C=O) groups is 1. The number of carbonyl (C=O) groups excluding carboxylic acids is 1. The number of fused-ring (bicyclic) bond motifs is 1. The molecule has 0 saturated carbocycles. The van der Waals surface area contributed by atoms with Gasteiger partial charge in [0.15, 0.2) is 11.5 Å². The molecule has 0 fully saturated rings. The van der Waals surface area contributed by atoms with Crippen molar-refractivity contribution in [1.82, 2.24) is 0 Å². The smallest absolute Gasteiger partial charge is 0.231 e. The lowest BCUT2D eigenvalue weighted by molar-refractivity contribution is -0.121. The van der Waals surface area contributed by atoms with E-state index in [1.165, 1.54) is 0 Å². The fourth-order valence-electron chi connectivity index (χ4n) is 1.65. The number of hydrogen-bond donors (Lipinski definition) is 0. The molecule has 0 aromatic heterocycles. The lowest BCUT2D eigenvalue weighted by Gasteiger charge is -2.07. The van der Waals surface area contributed by atoms with Crippen LogP contribution in [0.2, 0.25) is 0 Å². The summed E-state index contributed by atoms with van der Waals surface area (Å²) in [5.74, 6) is 0.602. The fraction of sp³-hybridized carbons (Fsp3) is 0.364. The summed E-state index contributed by atoms with van der Waals surface area (Å²) in [6, 6.07) is 5.51. The molecule has 0 radical (unpaired) electrons. The number of benzene rings is 1. The van der Waals surface area contributed by atoms with Crippen molar-refractivity contribution in [2.24, 2.45) is 11.0 Å². The van der Waals surface area contributed by atoms with Gasteiger partial charge in [0.1, 0.15) is 0 Å². The first kappa shape index (κ1) is 11.3. The van der Waals surface area contributed by atoms with E-state index in [9.17, 15) is 4.79 Å². The Hall–Kier alpha value is -2.20. The highest BCUT2D eigenvalue weighted by Crippen LogP contribution is 2.33. The van der Waals surface area contributed by atoms with Crippen molar-refractivity contribution in [3.05, 3.63) is 34.2 Å². The summed E-state index contributed by atoms with van der Waals surface area (Å²) in [5, 5.41) is 3.08. The van der Waals surface area contributed by atoms with Gasteiger partial charge >= 0.3 is 0 Å². The zero-order chi connectivity index (χ0) is 12.3. The highest BCUT2D eigenvalue weighted by molar-refractivity contribution is 5.79. The first-order chi connectivity index (χ1) is 8.20. The Morgan fingerprint density at radius 1 is 1.53 bits per heavy atom. The molecule has 1 aromatic carbocycles. The average molecular weight is 233 g/mol. The molecule has 2 rings (SSSR count). The Kier molecular flexibility index (Phi) is 3.16. The minimum Gasteiger partial charge on any atom is -0.454 e. The molecule has 88 valence electrons. The number of nitrogens with zero attached hydrogens (tertiary/aromatic N) is 3. The molecule has 1 aliphatic heterocycles. The van der Waals surface area contributed by atoms with Crippen molar-refractivity contribution in [3.63, 3.8) is 0 Å². The van der Waals surface area contributed by atoms with Gasteiger partial charge in [-0.1, -0.05) is 13.0 Å². The first-order valence-corrected chi connectivity index (χ1v) is 5.18. The van der Waals surface area contributed by atoms with E-state index in [1.54, 1.807) is 6.92 Å². The van der Waals surface area contributed by atoms with Crippen molar-refractivity contribution in [1.29, 1.82) is 0 Å². The molecule has 6 heteroatoms. The molecule has 0 unspecified atom stereocenters. The molecule has 1 aromatic rings. The molecule has 6 nitrogen and oxygen atoms in total. The molecule has 0 saturated heterocycles. The fourth-order valence-corrected chi connectivity index (χ4v) is 1.65. The van der Waals surface area contributed by atoms with Crippen molar-refractivity contribution < 1.29 is 14.3 Å². The summed E-state index contributed by atoms with van der Waals surface area (Å²) in [6.45, 7) is 1.95. The van der Waals surface area contributed by atoms with Gasteiger partial charge < -0.3 is 9.47 Å². The van der Waals surface area contributed by atoms with Crippen molar-refractivity contribution >= 4 is 5.91 Å². The maximum Gasteiger partial charge on any atom is 0.231 e. The molecule has 1 atom stereocenters. The van der Waals surface area contributed by atoms with Crippen LogP contribution >= 0.6 is 0 Å². The Bertz CT molecular complexity index is 495.